The number of amides is 2. The number of nitrogens with zero attached hydrogens (tertiary/aromatic N) is 3. The van der Waals surface area contributed by atoms with Gasteiger partial charge in [0.05, 0.1) is 0 Å². The van der Waals surface area contributed by atoms with Crippen LogP contribution in [-0.2, 0) is 6.54 Å². The van der Waals surface area contributed by atoms with E-state index in [2.05, 4.69) is 5.32 Å². The van der Waals surface area contributed by atoms with Crippen LogP contribution in [0.25, 0.3) is 0 Å². The molecule has 1 aromatic carbocycles. The lowest BCUT2D eigenvalue weighted by atomic mass is 10.0. The molecule has 2 bridgehead atoms. The lowest BCUT2D eigenvalue weighted by Crippen LogP contribution is -2.60. The van der Waals surface area contributed by atoms with Gasteiger partial charge in [0.15, 0.2) is 11.4 Å². The molecule has 4 rings (SSSR count). The van der Waals surface area contributed by atoms with Crippen LogP contribution in [0, 0.1) is 17.5 Å². The molecule has 176 valence electrons. The quantitative estimate of drug-likeness (QED) is 0.727. The monoisotopic (exact) mass is 464 g/mol. The summed E-state index contributed by atoms with van der Waals surface area (Å²) in [6.07, 6.45) is 3.60. The van der Waals surface area contributed by atoms with E-state index in [1.54, 1.807) is 9.91 Å². The first kappa shape index (κ1) is 22.7. The van der Waals surface area contributed by atoms with Crippen LogP contribution in [0.1, 0.15) is 59.5 Å². The molecule has 0 unspecified atom stereocenters. The Balaban J connectivity index is 1.71. The van der Waals surface area contributed by atoms with Gasteiger partial charge in [-0.1, -0.05) is 0 Å². The standard InChI is InChI=1S/C22H23F3N4O4/c1-11-4-3-5-12(2)29-10-27(11)22(33)18-20(31)19(30)15(9-28(18)29)21(32)26-8-14-16(24)6-13(23)7-17(14)25/h6-7,9,11-12,31H,3-5,8,10H2,1-2H3,(H,26,32)/t11-,12-/m1/s1. The maximum absolute atomic E-state index is 13.9. The summed E-state index contributed by atoms with van der Waals surface area (Å²) in [5.41, 5.74) is -2.39. The van der Waals surface area contributed by atoms with Crippen molar-refractivity contribution < 1.29 is 27.9 Å². The lowest BCUT2D eigenvalue weighted by Gasteiger charge is -2.46. The Labute approximate surface area is 187 Å². The number of aromatic hydroxyl groups is 1. The van der Waals surface area contributed by atoms with Gasteiger partial charge in [0.2, 0.25) is 5.43 Å². The molecule has 33 heavy (non-hydrogen) atoms. The van der Waals surface area contributed by atoms with Gasteiger partial charge >= 0.3 is 0 Å². The fraction of sp³-hybridized carbons (Fsp3) is 0.409. The first-order chi connectivity index (χ1) is 15.6. The molecular formula is C22H23F3N4O4. The van der Waals surface area contributed by atoms with Crippen LogP contribution in [0.3, 0.4) is 0 Å². The molecule has 1 aromatic heterocycles. The minimum absolute atomic E-state index is 0.0629. The molecule has 2 aromatic rings. The van der Waals surface area contributed by atoms with Gasteiger partial charge in [0.1, 0.15) is 29.7 Å². The van der Waals surface area contributed by atoms with E-state index in [0.29, 0.717) is 12.1 Å². The topological polar surface area (TPSA) is 94.9 Å². The highest BCUT2D eigenvalue weighted by molar-refractivity contribution is 5.99. The Morgan fingerprint density at radius 3 is 2.42 bits per heavy atom. The van der Waals surface area contributed by atoms with E-state index in [1.165, 1.54) is 4.68 Å². The zero-order valence-electron chi connectivity index (χ0n) is 18.1. The fourth-order valence-electron chi connectivity index (χ4n) is 4.29. The molecule has 3 heterocycles. The van der Waals surface area contributed by atoms with Gasteiger partial charge in [-0.25, -0.2) is 13.2 Å². The van der Waals surface area contributed by atoms with Crippen molar-refractivity contribution in [3.05, 3.63) is 62.8 Å². The Morgan fingerprint density at radius 1 is 1.12 bits per heavy atom. The van der Waals surface area contributed by atoms with Crippen molar-refractivity contribution >= 4 is 11.8 Å². The molecule has 0 radical (unpaired) electrons. The van der Waals surface area contributed by atoms with Gasteiger partial charge in [0, 0.05) is 42.5 Å². The Morgan fingerprint density at radius 2 is 1.76 bits per heavy atom. The van der Waals surface area contributed by atoms with Crippen molar-refractivity contribution in [2.45, 2.75) is 51.7 Å². The first-order valence-electron chi connectivity index (χ1n) is 10.6. The lowest BCUT2D eigenvalue weighted by molar-refractivity contribution is 0.0565. The predicted octanol–water partition coefficient (Wildman–Crippen LogP) is 2.21. The molecule has 0 aliphatic carbocycles. The van der Waals surface area contributed by atoms with Crippen LogP contribution >= 0.6 is 0 Å². The highest BCUT2D eigenvalue weighted by Crippen LogP contribution is 2.28. The van der Waals surface area contributed by atoms with Crippen LogP contribution in [0.15, 0.2) is 23.1 Å². The molecule has 2 atom stereocenters. The third-order valence-corrected chi connectivity index (χ3v) is 6.26. The normalized spacial score (nSPS) is 20.2. The summed E-state index contributed by atoms with van der Waals surface area (Å²) < 4.78 is 42.2. The third-order valence-electron chi connectivity index (χ3n) is 6.26. The van der Waals surface area contributed by atoms with Crippen LogP contribution in [-0.4, -0.2) is 45.2 Å². The summed E-state index contributed by atoms with van der Waals surface area (Å²) in [7, 11) is 0. The number of halogens is 3. The number of carbonyl (C=O) groups is 2. The minimum Gasteiger partial charge on any atom is -0.502 e. The van der Waals surface area contributed by atoms with Crippen molar-refractivity contribution in [2.24, 2.45) is 0 Å². The van der Waals surface area contributed by atoms with Crippen molar-refractivity contribution in [3.63, 3.8) is 0 Å². The average Bonchev–Trinajstić information content (AvgIpc) is 2.74. The van der Waals surface area contributed by atoms with E-state index in [0.717, 1.165) is 25.5 Å². The Hall–Kier alpha value is -3.50. The molecule has 1 saturated heterocycles. The summed E-state index contributed by atoms with van der Waals surface area (Å²) in [5.74, 6) is -5.88. The summed E-state index contributed by atoms with van der Waals surface area (Å²) >= 11 is 0. The van der Waals surface area contributed by atoms with Gasteiger partial charge in [-0.3, -0.25) is 24.1 Å². The summed E-state index contributed by atoms with van der Waals surface area (Å²) in [4.78, 5) is 40.1. The number of hydrogen-bond acceptors (Lipinski definition) is 5. The number of carbonyl (C=O) groups excluding carboxylic acids is 2. The molecule has 2 aliphatic heterocycles. The van der Waals surface area contributed by atoms with Crippen LogP contribution < -0.4 is 15.8 Å². The number of pyridine rings is 1. The van der Waals surface area contributed by atoms with Gasteiger partial charge in [-0.05, 0) is 33.1 Å². The summed E-state index contributed by atoms with van der Waals surface area (Å²) in [6, 6.07) is 0.795. The second kappa shape index (κ2) is 8.45. The molecule has 2 aliphatic rings. The smallest absolute Gasteiger partial charge is 0.278 e. The van der Waals surface area contributed by atoms with Crippen LogP contribution in [0.4, 0.5) is 13.2 Å². The SMILES string of the molecule is C[C@@H]1CCC[C@@H](C)N2CN1C(=O)c1c(O)c(=O)c(C(=O)NCc3c(F)cc(F)cc3F)cn12. The average molecular weight is 464 g/mol. The molecule has 1 fully saturated rings. The second-order valence-electron chi connectivity index (χ2n) is 8.43. The number of hydrogen-bond donors (Lipinski definition) is 2. The second-order valence-corrected chi connectivity index (χ2v) is 8.43. The molecule has 2 N–H and O–H groups in total. The van der Waals surface area contributed by atoms with Gasteiger partial charge < -0.3 is 15.3 Å². The Kier molecular flexibility index (Phi) is 5.81. The molecule has 0 saturated carbocycles. The number of aromatic nitrogens is 1. The fourth-order valence-corrected chi connectivity index (χ4v) is 4.29. The van der Waals surface area contributed by atoms with E-state index >= 15 is 0 Å². The minimum atomic E-state index is -1.19. The molecule has 2 amide bonds. The highest BCUT2D eigenvalue weighted by Gasteiger charge is 2.38. The third kappa shape index (κ3) is 3.91. The van der Waals surface area contributed by atoms with E-state index < -0.39 is 58.1 Å². The largest absolute Gasteiger partial charge is 0.502 e. The van der Waals surface area contributed by atoms with Gasteiger partial charge in [0.25, 0.3) is 11.8 Å². The predicted molar refractivity (Wildman–Crippen MR) is 112 cm³/mol. The van der Waals surface area contributed by atoms with E-state index in [-0.39, 0.29) is 24.4 Å². The zero-order chi connectivity index (χ0) is 24.0. The van der Waals surface area contributed by atoms with Crippen LogP contribution in [0.5, 0.6) is 5.75 Å². The molecule has 11 heteroatoms. The highest BCUT2D eigenvalue weighted by atomic mass is 19.1. The van der Waals surface area contributed by atoms with Gasteiger partial charge in [-0.2, -0.15) is 0 Å². The van der Waals surface area contributed by atoms with Crippen LogP contribution in [0.2, 0.25) is 0 Å². The summed E-state index contributed by atoms with van der Waals surface area (Å²) in [6.45, 7) is 3.39. The van der Waals surface area contributed by atoms with Crippen molar-refractivity contribution in [2.75, 3.05) is 11.7 Å². The molecular weight excluding hydrogens is 441 g/mol. The number of nitrogens with one attached hydrogen (secondary N) is 1. The maximum Gasteiger partial charge on any atom is 0.278 e. The van der Waals surface area contributed by atoms with E-state index in [1.807, 2.05) is 13.8 Å². The molecule has 0 spiro atoms. The molecule has 8 nitrogen and oxygen atoms in total. The van der Waals surface area contributed by atoms with Crippen molar-refractivity contribution in [1.82, 2.24) is 14.9 Å². The van der Waals surface area contributed by atoms with Gasteiger partial charge in [-0.15, -0.1) is 0 Å². The Bertz CT molecular complexity index is 1180. The van der Waals surface area contributed by atoms with E-state index in [9.17, 15) is 32.7 Å². The summed E-state index contributed by atoms with van der Waals surface area (Å²) in [5, 5.41) is 14.6. The maximum atomic E-state index is 13.9. The number of rotatable bonds is 3. The number of benzene rings is 1. The van der Waals surface area contributed by atoms with Crippen molar-refractivity contribution in [3.8, 4) is 5.75 Å². The number of fused-ring (bicyclic) bond motifs is 4. The zero-order valence-corrected chi connectivity index (χ0v) is 18.1. The van der Waals surface area contributed by atoms with E-state index in [4.69, 9.17) is 0 Å². The van der Waals surface area contributed by atoms with Crippen molar-refractivity contribution in [1.29, 1.82) is 0 Å². The first-order valence-corrected chi connectivity index (χ1v) is 10.6.